The molecule has 1 aromatic rings. The molecular weight excluding hydrogens is 230 g/mol. The summed E-state index contributed by atoms with van der Waals surface area (Å²) in [4.78, 5) is 14.6. The van der Waals surface area contributed by atoms with Gasteiger partial charge in [-0.05, 0) is 32.6 Å². The van der Waals surface area contributed by atoms with E-state index in [1.54, 1.807) is 0 Å². The molecule has 1 aromatic heterocycles. The number of aromatic nitrogens is 3. The third-order valence-electron chi connectivity index (χ3n) is 3.18. The first-order valence-electron chi connectivity index (χ1n) is 6.10. The van der Waals surface area contributed by atoms with E-state index in [1.165, 1.54) is 12.8 Å². The third-order valence-corrected chi connectivity index (χ3v) is 3.18. The van der Waals surface area contributed by atoms with Gasteiger partial charge in [-0.25, -0.2) is 5.84 Å². The lowest BCUT2D eigenvalue weighted by Gasteiger charge is -2.26. The molecule has 0 aliphatic heterocycles. The lowest BCUT2D eigenvalue weighted by atomic mass is 9.99. The molecule has 0 atom stereocenters. The summed E-state index contributed by atoms with van der Waals surface area (Å²) in [6, 6.07) is 0. The molecule has 1 aliphatic rings. The normalized spacial score (nSPS) is 15.4. The summed E-state index contributed by atoms with van der Waals surface area (Å²) in [5.74, 6) is 7.55. The summed E-state index contributed by atoms with van der Waals surface area (Å²) in [6.07, 6.45) is 2.52. The molecule has 0 amide bonds. The average Bonchev–Trinajstić information content (AvgIpc) is 3.11. The zero-order chi connectivity index (χ0) is 13.3. The maximum atomic E-state index is 5.37. The van der Waals surface area contributed by atoms with Gasteiger partial charge in [-0.1, -0.05) is 0 Å². The van der Waals surface area contributed by atoms with Crippen LogP contribution in [0.15, 0.2) is 0 Å². The van der Waals surface area contributed by atoms with E-state index in [1.807, 2.05) is 19.0 Å². The minimum Gasteiger partial charge on any atom is -0.349 e. The third kappa shape index (κ3) is 2.79. The van der Waals surface area contributed by atoms with Crippen LogP contribution in [-0.2, 0) is 0 Å². The molecule has 2 rings (SSSR count). The summed E-state index contributed by atoms with van der Waals surface area (Å²) in [6.45, 7) is 4.33. The molecule has 0 unspecified atom stereocenters. The van der Waals surface area contributed by atoms with E-state index in [0.29, 0.717) is 23.8 Å². The minimum absolute atomic E-state index is 0.00317. The van der Waals surface area contributed by atoms with Gasteiger partial charge in [-0.2, -0.15) is 15.0 Å². The molecule has 1 saturated carbocycles. The summed E-state index contributed by atoms with van der Waals surface area (Å²) >= 11 is 0. The molecule has 4 N–H and O–H groups in total. The van der Waals surface area contributed by atoms with Gasteiger partial charge in [0.05, 0.1) is 0 Å². The van der Waals surface area contributed by atoms with E-state index in [0.717, 1.165) is 0 Å². The number of hydrazine groups is 1. The summed E-state index contributed by atoms with van der Waals surface area (Å²) in [5, 5.41) is 3.37. The van der Waals surface area contributed by atoms with E-state index in [4.69, 9.17) is 5.84 Å². The van der Waals surface area contributed by atoms with Crippen molar-refractivity contribution in [1.82, 2.24) is 15.0 Å². The highest BCUT2D eigenvalue weighted by Gasteiger charge is 2.38. The van der Waals surface area contributed by atoms with Gasteiger partial charge >= 0.3 is 0 Å². The van der Waals surface area contributed by atoms with Crippen LogP contribution in [0.2, 0.25) is 0 Å². The highest BCUT2D eigenvalue weighted by atomic mass is 15.4. The minimum atomic E-state index is -0.00317. The monoisotopic (exact) mass is 251 g/mol. The van der Waals surface area contributed by atoms with Crippen molar-refractivity contribution in [1.29, 1.82) is 0 Å². The highest BCUT2D eigenvalue weighted by molar-refractivity contribution is 5.43. The number of nitrogens with one attached hydrogen (secondary N) is 2. The van der Waals surface area contributed by atoms with Gasteiger partial charge in [0.2, 0.25) is 17.8 Å². The highest BCUT2D eigenvalue weighted by Crippen LogP contribution is 2.40. The molecule has 7 heteroatoms. The number of nitrogens with zero attached hydrogens (tertiary/aromatic N) is 4. The quantitative estimate of drug-likeness (QED) is 0.527. The topological polar surface area (TPSA) is 92.0 Å². The Bertz CT molecular complexity index is 425. The Labute approximate surface area is 107 Å². The van der Waals surface area contributed by atoms with Crippen molar-refractivity contribution in [3.8, 4) is 0 Å². The maximum absolute atomic E-state index is 5.37. The van der Waals surface area contributed by atoms with E-state index in [2.05, 4.69) is 39.5 Å². The van der Waals surface area contributed by atoms with Crippen LogP contribution in [0.1, 0.15) is 26.7 Å². The van der Waals surface area contributed by atoms with Crippen LogP contribution in [0.3, 0.4) is 0 Å². The van der Waals surface area contributed by atoms with Crippen molar-refractivity contribution in [2.45, 2.75) is 32.2 Å². The molecule has 1 fully saturated rings. The van der Waals surface area contributed by atoms with Crippen LogP contribution in [0.4, 0.5) is 17.8 Å². The first-order valence-corrected chi connectivity index (χ1v) is 6.10. The van der Waals surface area contributed by atoms with Gasteiger partial charge < -0.3 is 10.2 Å². The van der Waals surface area contributed by atoms with Crippen molar-refractivity contribution in [3.05, 3.63) is 0 Å². The zero-order valence-electron chi connectivity index (χ0n) is 11.4. The smallest absolute Gasteiger partial charge is 0.243 e. The number of hydrogen-bond donors (Lipinski definition) is 3. The maximum Gasteiger partial charge on any atom is 0.243 e. The second-order valence-electron chi connectivity index (χ2n) is 5.44. The Kier molecular flexibility index (Phi) is 3.25. The van der Waals surface area contributed by atoms with Gasteiger partial charge in [0.15, 0.2) is 0 Å². The van der Waals surface area contributed by atoms with Crippen molar-refractivity contribution in [3.63, 3.8) is 0 Å². The second-order valence-corrected chi connectivity index (χ2v) is 5.44. The van der Waals surface area contributed by atoms with Crippen LogP contribution in [0.5, 0.6) is 0 Å². The number of nitrogens with two attached hydrogens (primary N) is 1. The Morgan fingerprint density at radius 1 is 1.17 bits per heavy atom. The predicted molar refractivity (Wildman–Crippen MR) is 72.4 cm³/mol. The number of hydrogen-bond acceptors (Lipinski definition) is 7. The van der Waals surface area contributed by atoms with Crippen molar-refractivity contribution < 1.29 is 0 Å². The molecule has 0 saturated heterocycles. The first kappa shape index (κ1) is 12.8. The zero-order valence-corrected chi connectivity index (χ0v) is 11.4. The van der Waals surface area contributed by atoms with Gasteiger partial charge in [0.25, 0.3) is 0 Å². The standard InChI is InChI=1S/C11H21N7/c1-11(2,7-5-6-7)16-8-13-9(17-12)15-10(14-8)18(3)4/h7H,5-6,12H2,1-4H3,(H2,13,14,15,16,17). The molecule has 18 heavy (non-hydrogen) atoms. The number of nitrogen functional groups attached to an aromatic ring is 1. The summed E-state index contributed by atoms with van der Waals surface area (Å²) in [7, 11) is 3.76. The molecule has 0 aromatic carbocycles. The molecule has 100 valence electrons. The van der Waals surface area contributed by atoms with Crippen LogP contribution < -0.4 is 21.5 Å². The van der Waals surface area contributed by atoms with Gasteiger partial charge in [-0.15, -0.1) is 0 Å². The summed E-state index contributed by atoms with van der Waals surface area (Å²) in [5.41, 5.74) is 2.46. The lowest BCUT2D eigenvalue weighted by molar-refractivity contribution is 0.490. The van der Waals surface area contributed by atoms with Crippen LogP contribution in [-0.4, -0.2) is 34.6 Å². The average molecular weight is 251 g/mol. The molecule has 0 radical (unpaired) electrons. The fourth-order valence-electron chi connectivity index (χ4n) is 1.88. The largest absolute Gasteiger partial charge is 0.349 e. The van der Waals surface area contributed by atoms with Crippen LogP contribution >= 0.6 is 0 Å². The van der Waals surface area contributed by atoms with E-state index < -0.39 is 0 Å². The van der Waals surface area contributed by atoms with Crippen LogP contribution in [0, 0.1) is 5.92 Å². The second kappa shape index (κ2) is 4.56. The Balaban J connectivity index is 2.23. The molecule has 0 spiro atoms. The Morgan fingerprint density at radius 2 is 1.78 bits per heavy atom. The molecule has 7 nitrogen and oxygen atoms in total. The first-order chi connectivity index (χ1) is 8.42. The Morgan fingerprint density at radius 3 is 2.28 bits per heavy atom. The van der Waals surface area contributed by atoms with Gasteiger partial charge in [0, 0.05) is 19.6 Å². The molecule has 1 heterocycles. The summed E-state index contributed by atoms with van der Waals surface area (Å²) < 4.78 is 0. The predicted octanol–water partition coefficient (Wildman–Crippen LogP) is 0.824. The number of rotatable bonds is 5. The van der Waals surface area contributed by atoms with E-state index >= 15 is 0 Å². The van der Waals surface area contributed by atoms with Crippen molar-refractivity contribution >= 4 is 17.8 Å². The fourth-order valence-corrected chi connectivity index (χ4v) is 1.88. The van der Waals surface area contributed by atoms with Crippen molar-refractivity contribution in [2.24, 2.45) is 11.8 Å². The SMILES string of the molecule is CN(C)c1nc(NN)nc(NC(C)(C)C2CC2)n1. The van der Waals surface area contributed by atoms with Gasteiger partial charge in [-0.3, -0.25) is 5.43 Å². The molecule has 1 aliphatic carbocycles. The van der Waals surface area contributed by atoms with Gasteiger partial charge in [0.1, 0.15) is 0 Å². The Hall–Kier alpha value is -1.63. The number of anilines is 3. The fraction of sp³-hybridized carbons (Fsp3) is 0.727. The van der Waals surface area contributed by atoms with Crippen LogP contribution in [0.25, 0.3) is 0 Å². The van der Waals surface area contributed by atoms with E-state index in [9.17, 15) is 0 Å². The van der Waals surface area contributed by atoms with E-state index in [-0.39, 0.29) is 5.54 Å². The van der Waals surface area contributed by atoms with Crippen molar-refractivity contribution in [2.75, 3.05) is 29.7 Å². The lowest BCUT2D eigenvalue weighted by Crippen LogP contribution is -2.34. The molecular formula is C11H21N7. The molecule has 0 bridgehead atoms.